The Morgan fingerprint density at radius 3 is 2.39 bits per heavy atom. The van der Waals surface area contributed by atoms with Crippen molar-refractivity contribution >= 4 is 11.8 Å². The van der Waals surface area contributed by atoms with Crippen molar-refractivity contribution in [3.63, 3.8) is 0 Å². The maximum atomic E-state index is 12.6. The second-order valence-electron chi connectivity index (χ2n) is 5.99. The van der Waals surface area contributed by atoms with Gasteiger partial charge in [-0.2, -0.15) is 0 Å². The van der Waals surface area contributed by atoms with Gasteiger partial charge in [0.25, 0.3) is 0 Å². The fourth-order valence-corrected chi connectivity index (χ4v) is 3.26. The molecule has 1 heterocycles. The van der Waals surface area contributed by atoms with Crippen LogP contribution in [0.5, 0.6) is 0 Å². The molecule has 1 saturated heterocycles. The highest BCUT2D eigenvalue weighted by atomic mass is 16.3. The van der Waals surface area contributed by atoms with Gasteiger partial charge in [-0.05, 0) is 25.7 Å². The van der Waals surface area contributed by atoms with Crippen LogP contribution in [0.2, 0.25) is 0 Å². The topological polar surface area (TPSA) is 57.6 Å². The van der Waals surface area contributed by atoms with E-state index >= 15 is 0 Å². The van der Waals surface area contributed by atoms with Gasteiger partial charge in [-0.3, -0.25) is 14.5 Å². The molecule has 0 radical (unpaired) electrons. The summed E-state index contributed by atoms with van der Waals surface area (Å²) in [6, 6.07) is -0.198. The lowest BCUT2D eigenvalue weighted by atomic mass is 9.73. The van der Waals surface area contributed by atoms with Crippen molar-refractivity contribution in [3.05, 3.63) is 0 Å². The first-order chi connectivity index (χ1) is 8.52. The number of carbonyl (C=O) groups excluding carboxylic acids is 2. The quantitative estimate of drug-likeness (QED) is 0.779. The van der Waals surface area contributed by atoms with Gasteiger partial charge in [0.2, 0.25) is 11.8 Å². The average Bonchev–Trinajstić information content (AvgIpc) is 2.60. The number of rotatable bonds is 3. The van der Waals surface area contributed by atoms with Gasteiger partial charge in [0.1, 0.15) is 0 Å². The summed E-state index contributed by atoms with van der Waals surface area (Å²) in [5.41, 5.74) is -0.404. The molecule has 102 valence electrons. The number of aliphatic hydroxyl groups is 1. The van der Waals surface area contributed by atoms with E-state index in [0.717, 1.165) is 25.7 Å². The molecule has 0 aromatic carbocycles. The van der Waals surface area contributed by atoms with E-state index in [4.69, 9.17) is 0 Å². The fraction of sp³-hybridized carbons (Fsp3) is 0.857. The van der Waals surface area contributed by atoms with E-state index in [9.17, 15) is 14.7 Å². The Balaban J connectivity index is 2.18. The highest BCUT2D eigenvalue weighted by Gasteiger charge is 2.53. The third-order valence-corrected chi connectivity index (χ3v) is 4.76. The Bertz CT molecular complexity index is 347. The third kappa shape index (κ3) is 2.07. The van der Waals surface area contributed by atoms with Crippen LogP contribution in [0.1, 0.15) is 52.4 Å². The molecule has 0 aromatic rings. The van der Waals surface area contributed by atoms with Crippen molar-refractivity contribution in [3.8, 4) is 0 Å². The van der Waals surface area contributed by atoms with Crippen molar-refractivity contribution in [1.82, 2.24) is 4.90 Å². The van der Waals surface area contributed by atoms with Crippen molar-refractivity contribution in [1.29, 1.82) is 0 Å². The molecule has 1 aliphatic heterocycles. The minimum Gasteiger partial charge on any atom is -0.396 e. The first-order valence-electron chi connectivity index (χ1n) is 6.99. The Labute approximate surface area is 108 Å². The summed E-state index contributed by atoms with van der Waals surface area (Å²) in [7, 11) is 0. The summed E-state index contributed by atoms with van der Waals surface area (Å²) in [6.07, 6.45) is 5.37. The Hall–Kier alpha value is -0.900. The largest absolute Gasteiger partial charge is 0.396 e. The summed E-state index contributed by atoms with van der Waals surface area (Å²) in [5.74, 6) is -0.0914. The molecule has 1 spiro atoms. The minimum atomic E-state index is -0.404. The number of nitrogens with zero attached hydrogens (tertiary/aromatic N) is 1. The highest BCUT2D eigenvalue weighted by Crippen LogP contribution is 2.46. The first kappa shape index (κ1) is 13.5. The Morgan fingerprint density at radius 1 is 1.22 bits per heavy atom. The van der Waals surface area contributed by atoms with E-state index in [1.165, 1.54) is 11.3 Å². The third-order valence-electron chi connectivity index (χ3n) is 4.76. The molecule has 2 atom stereocenters. The maximum absolute atomic E-state index is 12.6. The number of hydrogen-bond donors (Lipinski definition) is 1. The zero-order valence-corrected chi connectivity index (χ0v) is 11.3. The van der Waals surface area contributed by atoms with Gasteiger partial charge in [-0.1, -0.05) is 26.2 Å². The normalized spacial score (nSPS) is 26.7. The molecule has 2 rings (SSSR count). The molecule has 4 nitrogen and oxygen atoms in total. The molecule has 1 aliphatic carbocycles. The van der Waals surface area contributed by atoms with Gasteiger partial charge in [-0.15, -0.1) is 0 Å². The zero-order valence-electron chi connectivity index (χ0n) is 11.3. The van der Waals surface area contributed by atoms with E-state index in [1.54, 1.807) is 0 Å². The van der Waals surface area contributed by atoms with Gasteiger partial charge in [-0.25, -0.2) is 0 Å². The van der Waals surface area contributed by atoms with Crippen molar-refractivity contribution in [2.75, 3.05) is 6.61 Å². The van der Waals surface area contributed by atoms with E-state index in [0.29, 0.717) is 6.42 Å². The summed E-state index contributed by atoms with van der Waals surface area (Å²) in [5, 5.41) is 9.19. The molecule has 18 heavy (non-hydrogen) atoms. The van der Waals surface area contributed by atoms with Crippen LogP contribution in [0.25, 0.3) is 0 Å². The minimum absolute atomic E-state index is 0.00519. The van der Waals surface area contributed by atoms with Gasteiger partial charge in [0.15, 0.2) is 0 Å². The molecular weight excluding hydrogens is 230 g/mol. The van der Waals surface area contributed by atoms with Crippen LogP contribution >= 0.6 is 0 Å². The fourth-order valence-electron chi connectivity index (χ4n) is 3.26. The molecule has 2 unspecified atom stereocenters. The molecule has 2 fully saturated rings. The summed E-state index contributed by atoms with van der Waals surface area (Å²) in [6.45, 7) is 3.74. The van der Waals surface area contributed by atoms with Crippen LogP contribution in [0.4, 0.5) is 0 Å². The molecule has 1 saturated carbocycles. The molecule has 2 aliphatic rings. The van der Waals surface area contributed by atoms with Crippen LogP contribution in [0.15, 0.2) is 0 Å². The van der Waals surface area contributed by atoms with E-state index in [1.807, 2.05) is 13.8 Å². The van der Waals surface area contributed by atoms with E-state index in [-0.39, 0.29) is 30.4 Å². The van der Waals surface area contributed by atoms with Gasteiger partial charge in [0.05, 0.1) is 5.41 Å². The lowest BCUT2D eigenvalue weighted by molar-refractivity contribution is -0.145. The monoisotopic (exact) mass is 253 g/mol. The number of carbonyl (C=O) groups is 2. The molecule has 0 aromatic heterocycles. The lowest BCUT2D eigenvalue weighted by Crippen LogP contribution is -2.45. The van der Waals surface area contributed by atoms with Gasteiger partial charge in [0, 0.05) is 19.1 Å². The van der Waals surface area contributed by atoms with Gasteiger partial charge >= 0.3 is 0 Å². The summed E-state index contributed by atoms with van der Waals surface area (Å²) in [4.78, 5) is 26.1. The maximum Gasteiger partial charge on any atom is 0.236 e. The Kier molecular flexibility index (Phi) is 3.76. The number of imide groups is 1. The summed E-state index contributed by atoms with van der Waals surface area (Å²) >= 11 is 0. The second kappa shape index (κ2) is 5.00. The van der Waals surface area contributed by atoms with Crippen molar-refractivity contribution in [2.45, 2.75) is 58.4 Å². The predicted molar refractivity (Wildman–Crippen MR) is 67.7 cm³/mol. The lowest BCUT2D eigenvalue weighted by Gasteiger charge is -2.33. The standard InChI is InChI=1S/C14H23NO3/c1-10(9-16)11(2)15-12(17)8-14(13(15)18)6-4-3-5-7-14/h10-11,16H,3-9H2,1-2H3. The smallest absolute Gasteiger partial charge is 0.236 e. The molecule has 4 heteroatoms. The summed E-state index contributed by atoms with van der Waals surface area (Å²) < 4.78 is 0. The van der Waals surface area contributed by atoms with E-state index in [2.05, 4.69) is 0 Å². The van der Waals surface area contributed by atoms with Crippen LogP contribution < -0.4 is 0 Å². The molecule has 1 N–H and O–H groups in total. The molecule has 0 bridgehead atoms. The van der Waals surface area contributed by atoms with Crippen LogP contribution in [-0.4, -0.2) is 34.5 Å². The first-order valence-corrected chi connectivity index (χ1v) is 6.99. The van der Waals surface area contributed by atoms with Crippen LogP contribution in [0.3, 0.4) is 0 Å². The van der Waals surface area contributed by atoms with Crippen molar-refractivity contribution in [2.24, 2.45) is 11.3 Å². The number of aliphatic hydroxyl groups excluding tert-OH is 1. The highest BCUT2D eigenvalue weighted by molar-refractivity contribution is 6.06. The molecular formula is C14H23NO3. The van der Waals surface area contributed by atoms with Crippen molar-refractivity contribution < 1.29 is 14.7 Å². The number of hydrogen-bond acceptors (Lipinski definition) is 3. The Morgan fingerprint density at radius 2 is 1.83 bits per heavy atom. The average molecular weight is 253 g/mol. The number of likely N-dealkylation sites (tertiary alicyclic amines) is 1. The van der Waals surface area contributed by atoms with Crippen LogP contribution in [-0.2, 0) is 9.59 Å². The zero-order chi connectivity index (χ0) is 13.3. The molecule has 2 amide bonds. The van der Waals surface area contributed by atoms with E-state index < -0.39 is 5.41 Å². The van der Waals surface area contributed by atoms with Gasteiger partial charge < -0.3 is 5.11 Å². The number of amides is 2. The van der Waals surface area contributed by atoms with Crippen LogP contribution in [0, 0.1) is 11.3 Å². The second-order valence-corrected chi connectivity index (χ2v) is 5.99. The SMILES string of the molecule is CC(CO)C(C)N1C(=O)CC2(CCCCC2)C1=O. The predicted octanol–water partition coefficient (Wildman–Crippen LogP) is 1.71.